The van der Waals surface area contributed by atoms with Crippen LogP contribution in [-0.2, 0) is 0 Å². The van der Waals surface area contributed by atoms with Crippen LogP contribution < -0.4 is 5.32 Å². The van der Waals surface area contributed by atoms with E-state index in [2.05, 4.69) is 20.5 Å². The van der Waals surface area contributed by atoms with Gasteiger partial charge in [-0.1, -0.05) is 23.2 Å². The summed E-state index contributed by atoms with van der Waals surface area (Å²) in [6.07, 6.45) is 0. The molecule has 0 aliphatic carbocycles. The van der Waals surface area contributed by atoms with Gasteiger partial charge in [0.15, 0.2) is 10.3 Å². The summed E-state index contributed by atoms with van der Waals surface area (Å²) in [6, 6.07) is 4.95. The van der Waals surface area contributed by atoms with Gasteiger partial charge in [0.1, 0.15) is 0 Å². The lowest BCUT2D eigenvalue weighted by molar-refractivity contribution is 0.102. The molecule has 0 aliphatic heterocycles. The molecule has 0 saturated heterocycles. The van der Waals surface area contributed by atoms with E-state index in [0.29, 0.717) is 5.69 Å². The van der Waals surface area contributed by atoms with Crippen LogP contribution in [0.3, 0.4) is 0 Å². The number of aryl methyl sites for hydroxylation is 2. The van der Waals surface area contributed by atoms with Crippen LogP contribution in [0.25, 0.3) is 0 Å². The summed E-state index contributed by atoms with van der Waals surface area (Å²) in [7, 11) is 0. The molecule has 0 aliphatic rings. The van der Waals surface area contributed by atoms with Crippen molar-refractivity contribution in [2.45, 2.75) is 13.8 Å². The minimum atomic E-state index is -0.407. The van der Waals surface area contributed by atoms with Crippen LogP contribution in [0.5, 0.6) is 0 Å². The van der Waals surface area contributed by atoms with Crippen molar-refractivity contribution in [3.8, 4) is 0 Å². The number of amides is 1. The topological polar surface area (TPSA) is 67.8 Å². The molecule has 0 atom stereocenters. The third-order valence-corrected chi connectivity index (χ3v) is 2.90. The molecule has 0 saturated carbocycles. The molecule has 7 heteroatoms. The fourth-order valence-corrected chi connectivity index (χ4v) is 1.85. The first-order valence-electron chi connectivity index (χ1n) is 5.41. The van der Waals surface area contributed by atoms with E-state index < -0.39 is 5.91 Å². The molecular formula is C12H10Cl2N4O. The second kappa shape index (κ2) is 5.50. The van der Waals surface area contributed by atoms with Crippen LogP contribution >= 0.6 is 23.2 Å². The molecule has 2 aromatic rings. The van der Waals surface area contributed by atoms with Gasteiger partial charge in [-0.05, 0) is 32.0 Å². The van der Waals surface area contributed by atoms with Crippen LogP contribution in [0.2, 0.25) is 10.3 Å². The van der Waals surface area contributed by atoms with E-state index in [0.717, 1.165) is 11.4 Å². The van der Waals surface area contributed by atoms with Crippen molar-refractivity contribution in [3.05, 3.63) is 45.5 Å². The smallest absolute Gasteiger partial charge is 0.259 e. The Balaban J connectivity index is 2.28. The molecule has 0 aromatic carbocycles. The number of carbonyl (C=O) groups is 1. The third kappa shape index (κ3) is 3.19. The maximum atomic E-state index is 12.1. The highest BCUT2D eigenvalue weighted by molar-refractivity contribution is 6.34. The molecule has 2 rings (SSSR count). The third-order valence-electron chi connectivity index (χ3n) is 2.44. The monoisotopic (exact) mass is 296 g/mol. The van der Waals surface area contributed by atoms with Gasteiger partial charge < -0.3 is 5.32 Å². The Labute approximate surface area is 120 Å². The highest BCUT2D eigenvalue weighted by atomic mass is 35.5. The molecule has 19 heavy (non-hydrogen) atoms. The SMILES string of the molecule is Cc1ccc(NC(=O)c2cc(Cl)nnc2Cl)c(C)n1. The van der Waals surface area contributed by atoms with Crippen molar-refractivity contribution in [3.63, 3.8) is 0 Å². The van der Waals surface area contributed by atoms with Gasteiger partial charge in [-0.15, -0.1) is 10.2 Å². The molecule has 0 fully saturated rings. The lowest BCUT2D eigenvalue weighted by Crippen LogP contribution is -2.14. The summed E-state index contributed by atoms with van der Waals surface area (Å²) < 4.78 is 0. The summed E-state index contributed by atoms with van der Waals surface area (Å²) in [4.78, 5) is 16.3. The number of nitrogens with one attached hydrogen (secondary N) is 1. The van der Waals surface area contributed by atoms with Gasteiger partial charge in [0.25, 0.3) is 5.91 Å². The van der Waals surface area contributed by atoms with Crippen molar-refractivity contribution in [1.29, 1.82) is 0 Å². The number of rotatable bonds is 2. The maximum absolute atomic E-state index is 12.1. The van der Waals surface area contributed by atoms with Crippen LogP contribution in [-0.4, -0.2) is 21.1 Å². The highest BCUT2D eigenvalue weighted by Gasteiger charge is 2.14. The number of carbonyl (C=O) groups excluding carboxylic acids is 1. The zero-order valence-corrected chi connectivity index (χ0v) is 11.7. The summed E-state index contributed by atoms with van der Waals surface area (Å²) in [5.74, 6) is -0.407. The number of pyridine rings is 1. The Morgan fingerprint density at radius 1 is 1.21 bits per heavy atom. The lowest BCUT2D eigenvalue weighted by atomic mass is 10.2. The number of anilines is 1. The van der Waals surface area contributed by atoms with E-state index >= 15 is 0 Å². The first-order chi connectivity index (χ1) is 8.97. The molecule has 0 radical (unpaired) electrons. The van der Waals surface area contributed by atoms with Crippen molar-refractivity contribution < 1.29 is 4.79 Å². The summed E-state index contributed by atoms with van der Waals surface area (Å²) in [5, 5.41) is 9.95. The predicted molar refractivity (Wildman–Crippen MR) is 73.7 cm³/mol. The fraction of sp³-hybridized carbons (Fsp3) is 0.167. The first kappa shape index (κ1) is 13.7. The molecule has 0 bridgehead atoms. The Kier molecular flexibility index (Phi) is 3.97. The normalized spacial score (nSPS) is 10.3. The molecule has 5 nitrogen and oxygen atoms in total. The Morgan fingerprint density at radius 2 is 1.95 bits per heavy atom. The van der Waals surface area contributed by atoms with Crippen molar-refractivity contribution in [2.24, 2.45) is 0 Å². The zero-order valence-electron chi connectivity index (χ0n) is 10.2. The predicted octanol–water partition coefficient (Wildman–Crippen LogP) is 3.05. The van der Waals surface area contributed by atoms with Crippen molar-refractivity contribution in [2.75, 3.05) is 5.32 Å². The molecule has 2 aromatic heterocycles. The van der Waals surface area contributed by atoms with Gasteiger partial charge in [0, 0.05) is 5.69 Å². The van der Waals surface area contributed by atoms with Crippen molar-refractivity contribution >= 4 is 34.8 Å². The zero-order chi connectivity index (χ0) is 14.0. The number of hydrogen-bond acceptors (Lipinski definition) is 4. The average molecular weight is 297 g/mol. The van der Waals surface area contributed by atoms with E-state index in [9.17, 15) is 4.79 Å². The van der Waals surface area contributed by atoms with Gasteiger partial charge in [-0.2, -0.15) is 0 Å². The maximum Gasteiger partial charge on any atom is 0.259 e. The number of halogens is 2. The van der Waals surface area contributed by atoms with Crippen LogP contribution in [0.4, 0.5) is 5.69 Å². The molecule has 98 valence electrons. The van der Waals surface area contributed by atoms with E-state index in [1.54, 1.807) is 6.07 Å². The van der Waals surface area contributed by atoms with Gasteiger partial charge in [-0.25, -0.2) is 0 Å². The molecule has 1 amide bonds. The van der Waals surface area contributed by atoms with Crippen LogP contribution in [0, 0.1) is 13.8 Å². The van der Waals surface area contributed by atoms with E-state index in [4.69, 9.17) is 23.2 Å². The van der Waals surface area contributed by atoms with Crippen LogP contribution in [0.1, 0.15) is 21.7 Å². The molecule has 2 heterocycles. The molecule has 0 spiro atoms. The standard InChI is InChI=1S/C12H10Cl2N4O/c1-6-3-4-9(7(2)15-6)16-12(19)8-5-10(13)17-18-11(8)14/h3-5H,1-2H3,(H,16,19). The summed E-state index contributed by atoms with van der Waals surface area (Å²) in [5.41, 5.74) is 2.38. The lowest BCUT2D eigenvalue weighted by Gasteiger charge is -2.08. The van der Waals surface area contributed by atoms with Gasteiger partial charge >= 0.3 is 0 Å². The second-order valence-electron chi connectivity index (χ2n) is 3.91. The number of nitrogens with zero attached hydrogens (tertiary/aromatic N) is 3. The second-order valence-corrected chi connectivity index (χ2v) is 4.66. The summed E-state index contributed by atoms with van der Waals surface area (Å²) >= 11 is 11.5. The van der Waals surface area contributed by atoms with E-state index in [1.165, 1.54) is 6.07 Å². The minimum Gasteiger partial charge on any atom is -0.320 e. The Hall–Kier alpha value is -1.72. The number of hydrogen-bond donors (Lipinski definition) is 1. The molecule has 1 N–H and O–H groups in total. The Bertz CT molecular complexity index is 646. The Morgan fingerprint density at radius 3 is 2.63 bits per heavy atom. The quantitative estimate of drug-likeness (QED) is 0.925. The minimum absolute atomic E-state index is 0.000348. The average Bonchev–Trinajstić information content (AvgIpc) is 2.35. The van der Waals surface area contributed by atoms with Gasteiger partial charge in [-0.3, -0.25) is 9.78 Å². The van der Waals surface area contributed by atoms with Gasteiger partial charge in [0.2, 0.25) is 0 Å². The van der Waals surface area contributed by atoms with E-state index in [-0.39, 0.29) is 15.9 Å². The molecular weight excluding hydrogens is 287 g/mol. The molecule has 0 unspecified atom stereocenters. The number of aromatic nitrogens is 3. The largest absolute Gasteiger partial charge is 0.320 e. The fourth-order valence-electron chi connectivity index (χ4n) is 1.52. The van der Waals surface area contributed by atoms with Gasteiger partial charge in [0.05, 0.1) is 16.9 Å². The first-order valence-corrected chi connectivity index (χ1v) is 6.17. The van der Waals surface area contributed by atoms with Crippen molar-refractivity contribution in [1.82, 2.24) is 15.2 Å². The highest BCUT2D eigenvalue weighted by Crippen LogP contribution is 2.19. The van der Waals surface area contributed by atoms with Crippen LogP contribution in [0.15, 0.2) is 18.2 Å². The summed E-state index contributed by atoms with van der Waals surface area (Å²) in [6.45, 7) is 3.68. The van der Waals surface area contributed by atoms with E-state index in [1.807, 2.05) is 19.9 Å².